The first-order valence-corrected chi connectivity index (χ1v) is 10.5. The topological polar surface area (TPSA) is 240 Å². The highest BCUT2D eigenvalue weighted by atomic mass is 16.4. The Balaban J connectivity index is 1.96. The molecule has 2 rings (SSSR count). The summed E-state index contributed by atoms with van der Waals surface area (Å²) >= 11 is 0. The molecule has 0 saturated carbocycles. The molecule has 0 radical (unpaired) electrons. The van der Waals surface area contributed by atoms with Gasteiger partial charge in [-0.3, -0.25) is 14.4 Å². The van der Waals surface area contributed by atoms with Crippen LogP contribution in [0.25, 0.3) is 0 Å². The van der Waals surface area contributed by atoms with Crippen LogP contribution < -0.4 is 21.7 Å². The van der Waals surface area contributed by atoms with Crippen molar-refractivity contribution in [2.24, 2.45) is 5.73 Å². The van der Waals surface area contributed by atoms with Gasteiger partial charge < -0.3 is 47.1 Å². The summed E-state index contributed by atoms with van der Waals surface area (Å²) < 4.78 is 0. The summed E-state index contributed by atoms with van der Waals surface area (Å²) in [6, 6.07) is 0.173. The minimum atomic E-state index is -1.56. The standard InChI is InChI=1S/C21H28N6O8/c22-14(6-12-7-23-10-24-12)18(31)26-16(8-28)20(33)27-17(9-29)19(32)25-15(21(34)35)5-11-1-3-13(30)4-2-11/h1-4,7,10,14-17,28-30H,5-6,8-9,22H2,(H,23,24)(H,25,32)(H,26,31)(H,27,33)(H,34,35). The van der Waals surface area contributed by atoms with Gasteiger partial charge in [-0.1, -0.05) is 12.1 Å². The number of benzene rings is 1. The molecule has 2 aromatic rings. The number of nitrogens with zero attached hydrogens (tertiary/aromatic N) is 1. The number of carboxylic acids is 1. The number of hydrogen-bond donors (Lipinski definition) is 9. The average Bonchev–Trinajstić information content (AvgIpc) is 3.34. The largest absolute Gasteiger partial charge is 0.508 e. The lowest BCUT2D eigenvalue weighted by molar-refractivity contribution is -0.142. The number of carbonyl (C=O) groups excluding carboxylic acids is 3. The summed E-state index contributed by atoms with van der Waals surface area (Å²) in [6.07, 6.45) is 2.84. The molecule has 14 nitrogen and oxygen atoms in total. The van der Waals surface area contributed by atoms with Gasteiger partial charge in [-0.05, 0) is 17.7 Å². The van der Waals surface area contributed by atoms with Crippen LogP contribution in [0.15, 0.2) is 36.8 Å². The molecule has 0 fully saturated rings. The Kier molecular flexibility index (Phi) is 10.1. The molecular formula is C21H28N6O8. The SMILES string of the molecule is NC(Cc1cnc[nH]1)C(=O)NC(CO)C(=O)NC(CO)C(=O)NC(Cc1ccc(O)cc1)C(=O)O. The number of aliphatic carboxylic acids is 1. The van der Waals surface area contributed by atoms with Crippen molar-refractivity contribution >= 4 is 23.7 Å². The van der Waals surface area contributed by atoms with Crippen molar-refractivity contribution in [3.05, 3.63) is 48.0 Å². The van der Waals surface area contributed by atoms with Crippen LogP contribution in [-0.4, -0.2) is 91.5 Å². The van der Waals surface area contributed by atoms with Gasteiger partial charge in [-0.15, -0.1) is 0 Å². The number of H-pyrrole nitrogens is 1. The monoisotopic (exact) mass is 492 g/mol. The molecule has 4 atom stereocenters. The first kappa shape index (κ1) is 27.2. The molecule has 1 aromatic heterocycles. The molecule has 0 aliphatic carbocycles. The lowest BCUT2D eigenvalue weighted by atomic mass is 10.1. The summed E-state index contributed by atoms with van der Waals surface area (Å²) in [7, 11) is 0. The summed E-state index contributed by atoms with van der Waals surface area (Å²) in [5.41, 5.74) is 6.88. The molecule has 0 aliphatic heterocycles. The third kappa shape index (κ3) is 8.37. The number of aliphatic hydroxyl groups is 2. The summed E-state index contributed by atoms with van der Waals surface area (Å²) in [5, 5.41) is 44.5. The van der Waals surface area contributed by atoms with E-state index in [-0.39, 0.29) is 18.6 Å². The number of carboxylic acid groups (broad SMARTS) is 1. The molecule has 190 valence electrons. The molecule has 0 aliphatic rings. The van der Waals surface area contributed by atoms with E-state index in [0.29, 0.717) is 11.3 Å². The number of imidazole rings is 1. The number of carbonyl (C=O) groups is 4. The van der Waals surface area contributed by atoms with Gasteiger partial charge in [0.15, 0.2) is 0 Å². The molecule has 10 N–H and O–H groups in total. The Morgan fingerprint density at radius 2 is 1.43 bits per heavy atom. The van der Waals surface area contributed by atoms with E-state index in [2.05, 4.69) is 25.9 Å². The third-order valence-corrected chi connectivity index (χ3v) is 4.95. The molecule has 4 unspecified atom stereocenters. The number of nitrogens with one attached hydrogen (secondary N) is 4. The van der Waals surface area contributed by atoms with Crippen LogP contribution in [-0.2, 0) is 32.0 Å². The number of aromatic amines is 1. The number of aromatic nitrogens is 2. The van der Waals surface area contributed by atoms with Crippen LogP contribution in [0.4, 0.5) is 0 Å². The Morgan fingerprint density at radius 1 is 0.886 bits per heavy atom. The van der Waals surface area contributed by atoms with Crippen LogP contribution in [0.2, 0.25) is 0 Å². The van der Waals surface area contributed by atoms with Gasteiger partial charge in [0.25, 0.3) is 0 Å². The van der Waals surface area contributed by atoms with E-state index in [9.17, 15) is 39.6 Å². The van der Waals surface area contributed by atoms with Crippen molar-refractivity contribution in [3.8, 4) is 5.75 Å². The fourth-order valence-corrected chi connectivity index (χ4v) is 3.01. The van der Waals surface area contributed by atoms with E-state index in [1.165, 1.54) is 36.8 Å². The molecule has 35 heavy (non-hydrogen) atoms. The van der Waals surface area contributed by atoms with Gasteiger partial charge in [-0.2, -0.15) is 0 Å². The van der Waals surface area contributed by atoms with Gasteiger partial charge in [0, 0.05) is 24.7 Å². The maximum absolute atomic E-state index is 12.5. The Hall–Kier alpha value is -4.01. The van der Waals surface area contributed by atoms with E-state index in [1.807, 2.05) is 0 Å². The second-order valence-electron chi connectivity index (χ2n) is 7.64. The van der Waals surface area contributed by atoms with Crippen molar-refractivity contribution in [1.29, 1.82) is 0 Å². The molecule has 0 saturated heterocycles. The van der Waals surface area contributed by atoms with E-state index in [4.69, 9.17) is 5.73 Å². The normalized spacial score (nSPS) is 14.3. The van der Waals surface area contributed by atoms with E-state index in [0.717, 1.165) is 0 Å². The minimum absolute atomic E-state index is 0.0134. The van der Waals surface area contributed by atoms with Crippen molar-refractivity contribution in [1.82, 2.24) is 25.9 Å². The first-order chi connectivity index (χ1) is 16.6. The summed E-state index contributed by atoms with van der Waals surface area (Å²) in [6.45, 7) is -1.71. The highest BCUT2D eigenvalue weighted by Gasteiger charge is 2.30. The van der Waals surface area contributed by atoms with E-state index >= 15 is 0 Å². The number of amides is 3. The molecular weight excluding hydrogens is 464 g/mol. The maximum atomic E-state index is 12.5. The molecule has 14 heteroatoms. The highest BCUT2D eigenvalue weighted by Crippen LogP contribution is 2.11. The average molecular weight is 492 g/mol. The zero-order chi connectivity index (χ0) is 26.0. The highest BCUT2D eigenvalue weighted by molar-refractivity contribution is 5.94. The summed E-state index contributed by atoms with van der Waals surface area (Å²) in [4.78, 5) is 55.4. The van der Waals surface area contributed by atoms with Crippen molar-refractivity contribution in [3.63, 3.8) is 0 Å². The van der Waals surface area contributed by atoms with Gasteiger partial charge in [0.05, 0.1) is 25.6 Å². The molecule has 3 amide bonds. The number of nitrogens with two attached hydrogens (primary N) is 1. The predicted molar refractivity (Wildman–Crippen MR) is 120 cm³/mol. The zero-order valence-corrected chi connectivity index (χ0v) is 18.5. The van der Waals surface area contributed by atoms with Crippen LogP contribution in [0.1, 0.15) is 11.3 Å². The smallest absolute Gasteiger partial charge is 0.326 e. The van der Waals surface area contributed by atoms with Crippen LogP contribution >= 0.6 is 0 Å². The number of rotatable bonds is 13. The summed E-state index contributed by atoms with van der Waals surface area (Å²) in [5.74, 6) is -4.11. The van der Waals surface area contributed by atoms with Crippen LogP contribution in [0, 0.1) is 0 Å². The Bertz CT molecular complexity index is 998. The van der Waals surface area contributed by atoms with Crippen LogP contribution in [0.3, 0.4) is 0 Å². The van der Waals surface area contributed by atoms with Gasteiger partial charge in [0.1, 0.15) is 23.9 Å². The number of aliphatic hydroxyl groups excluding tert-OH is 2. The second kappa shape index (κ2) is 13.0. The minimum Gasteiger partial charge on any atom is -0.508 e. The number of phenols is 1. The zero-order valence-electron chi connectivity index (χ0n) is 18.5. The molecule has 1 heterocycles. The fraction of sp³-hybridized carbons (Fsp3) is 0.381. The van der Waals surface area contributed by atoms with Crippen molar-refractivity contribution in [2.75, 3.05) is 13.2 Å². The van der Waals surface area contributed by atoms with Crippen molar-refractivity contribution < 1.29 is 39.6 Å². The van der Waals surface area contributed by atoms with Gasteiger partial charge in [0.2, 0.25) is 17.7 Å². The van der Waals surface area contributed by atoms with E-state index in [1.54, 1.807) is 0 Å². The fourth-order valence-electron chi connectivity index (χ4n) is 3.01. The number of aromatic hydroxyl groups is 1. The number of hydrogen-bond acceptors (Lipinski definition) is 9. The van der Waals surface area contributed by atoms with Crippen LogP contribution in [0.5, 0.6) is 5.75 Å². The molecule has 1 aromatic carbocycles. The lowest BCUT2D eigenvalue weighted by Gasteiger charge is -2.23. The second-order valence-corrected chi connectivity index (χ2v) is 7.64. The maximum Gasteiger partial charge on any atom is 0.326 e. The molecule has 0 bridgehead atoms. The first-order valence-electron chi connectivity index (χ1n) is 10.5. The number of phenolic OH excluding ortho intramolecular Hbond substituents is 1. The van der Waals surface area contributed by atoms with Gasteiger partial charge in [-0.25, -0.2) is 9.78 Å². The quantitative estimate of drug-likeness (QED) is 0.135. The van der Waals surface area contributed by atoms with Crippen molar-refractivity contribution in [2.45, 2.75) is 37.0 Å². The van der Waals surface area contributed by atoms with Gasteiger partial charge >= 0.3 is 5.97 Å². The lowest BCUT2D eigenvalue weighted by Crippen LogP contribution is -2.59. The third-order valence-electron chi connectivity index (χ3n) is 4.95. The molecule has 0 spiro atoms. The predicted octanol–water partition coefficient (Wildman–Crippen LogP) is -3.25. The van der Waals surface area contributed by atoms with E-state index < -0.39 is 61.1 Å². The Morgan fingerprint density at radius 3 is 1.91 bits per heavy atom. The Labute approximate surface area is 199 Å².